The molecule has 1 atom stereocenters. The maximum atomic E-state index is 12.3. The number of pyridine rings is 1. The van der Waals surface area contributed by atoms with Crippen LogP contribution in [0.5, 0.6) is 11.5 Å². The molecule has 0 aliphatic carbocycles. The van der Waals surface area contributed by atoms with E-state index in [0.717, 1.165) is 10.2 Å². The Labute approximate surface area is 142 Å². The summed E-state index contributed by atoms with van der Waals surface area (Å²) in [4.78, 5) is 24.5. The minimum atomic E-state index is -0.346. The lowest BCUT2D eigenvalue weighted by atomic mass is 10.1. The zero-order valence-corrected chi connectivity index (χ0v) is 13.5. The molecule has 1 unspecified atom stereocenters. The number of hydrogen-bond acceptors (Lipinski definition) is 5. The van der Waals surface area contributed by atoms with Crippen molar-refractivity contribution in [2.24, 2.45) is 0 Å². The summed E-state index contributed by atoms with van der Waals surface area (Å²) in [6.45, 7) is 1.92. The first-order valence-electron chi connectivity index (χ1n) is 7.85. The van der Waals surface area contributed by atoms with Crippen molar-refractivity contribution in [1.29, 1.82) is 0 Å². The van der Waals surface area contributed by atoms with Gasteiger partial charge < -0.3 is 14.8 Å². The van der Waals surface area contributed by atoms with E-state index in [1.54, 1.807) is 24.4 Å². The van der Waals surface area contributed by atoms with Crippen molar-refractivity contribution < 1.29 is 14.3 Å². The second kappa shape index (κ2) is 5.97. The summed E-state index contributed by atoms with van der Waals surface area (Å²) >= 11 is 0. The summed E-state index contributed by atoms with van der Waals surface area (Å²) < 4.78 is 13.2. The molecule has 1 amide bonds. The lowest BCUT2D eigenvalue weighted by molar-refractivity contribution is -0.122. The van der Waals surface area contributed by atoms with Crippen LogP contribution in [0.2, 0.25) is 0 Å². The molecule has 1 N–H and O–H groups in total. The number of carbonyl (C=O) groups excluding carboxylic acids is 1. The number of nitrogens with one attached hydrogen (secondary N) is 1. The summed E-state index contributed by atoms with van der Waals surface area (Å²) in [5.41, 5.74) is 1.05. The molecule has 128 valence electrons. The topological polar surface area (TPSA) is 86.9 Å². The highest BCUT2D eigenvalue weighted by atomic mass is 16.7. The molecule has 3 aromatic rings. The Morgan fingerprint density at radius 1 is 1.28 bits per heavy atom. The zero-order valence-electron chi connectivity index (χ0n) is 13.5. The number of amides is 1. The second-order valence-electron chi connectivity index (χ2n) is 5.77. The molecule has 3 heterocycles. The first-order valence-corrected chi connectivity index (χ1v) is 7.85. The number of hydrogen-bond donors (Lipinski definition) is 1. The van der Waals surface area contributed by atoms with E-state index in [1.165, 1.54) is 4.40 Å². The Balaban J connectivity index is 1.48. The summed E-state index contributed by atoms with van der Waals surface area (Å²) in [6.07, 6.45) is 1.62. The van der Waals surface area contributed by atoms with E-state index in [4.69, 9.17) is 9.47 Å². The molecule has 4 rings (SSSR count). The molecule has 0 saturated carbocycles. The van der Waals surface area contributed by atoms with E-state index < -0.39 is 0 Å². The largest absolute Gasteiger partial charge is 0.454 e. The van der Waals surface area contributed by atoms with E-state index in [2.05, 4.69) is 10.4 Å². The first-order chi connectivity index (χ1) is 12.1. The molecule has 1 aliphatic heterocycles. The van der Waals surface area contributed by atoms with Crippen LogP contribution in [0.25, 0.3) is 5.65 Å². The zero-order chi connectivity index (χ0) is 17.4. The van der Waals surface area contributed by atoms with Crippen LogP contribution in [-0.4, -0.2) is 26.9 Å². The molecule has 1 aromatic carbocycles. The van der Waals surface area contributed by atoms with Gasteiger partial charge in [0.2, 0.25) is 12.7 Å². The third-order valence-corrected chi connectivity index (χ3v) is 4.06. The lowest BCUT2D eigenvalue weighted by Gasteiger charge is -2.14. The van der Waals surface area contributed by atoms with Crippen LogP contribution in [0, 0.1) is 0 Å². The normalized spacial score (nSPS) is 13.8. The molecule has 0 fully saturated rings. The van der Waals surface area contributed by atoms with Crippen LogP contribution in [0.15, 0.2) is 47.4 Å². The van der Waals surface area contributed by atoms with Gasteiger partial charge in [-0.25, -0.2) is 9.48 Å². The standard InChI is InChI=1S/C17H16N4O4/c1-11(12-5-6-13-14(8-12)25-10-24-13)18-16(22)9-21-17(23)20-7-3-2-4-15(20)19-21/h2-8,11H,9-10H2,1H3,(H,18,22). The minimum absolute atomic E-state index is 0.143. The molecule has 0 saturated heterocycles. The molecule has 2 aromatic heterocycles. The molecule has 0 bridgehead atoms. The number of nitrogens with zero attached hydrogens (tertiary/aromatic N) is 3. The third kappa shape index (κ3) is 2.82. The van der Waals surface area contributed by atoms with Gasteiger partial charge in [0.05, 0.1) is 6.04 Å². The molecular formula is C17H16N4O4. The molecule has 0 radical (unpaired) electrons. The van der Waals surface area contributed by atoms with Crippen molar-refractivity contribution in [2.75, 3.05) is 6.79 Å². The van der Waals surface area contributed by atoms with Gasteiger partial charge in [-0.3, -0.25) is 9.20 Å². The number of aromatic nitrogens is 3. The summed E-state index contributed by atoms with van der Waals surface area (Å²) in [5.74, 6) is 1.06. The Kier molecular flexibility index (Phi) is 3.64. The number of benzene rings is 1. The Bertz CT molecular complexity index is 1010. The Hall–Kier alpha value is -3.29. The highest BCUT2D eigenvalue weighted by molar-refractivity contribution is 5.76. The van der Waals surface area contributed by atoms with Gasteiger partial charge in [-0.15, -0.1) is 5.10 Å². The van der Waals surface area contributed by atoms with E-state index >= 15 is 0 Å². The van der Waals surface area contributed by atoms with Crippen molar-refractivity contribution in [3.63, 3.8) is 0 Å². The Morgan fingerprint density at radius 3 is 2.96 bits per heavy atom. The van der Waals surface area contributed by atoms with Crippen molar-refractivity contribution in [1.82, 2.24) is 19.5 Å². The van der Waals surface area contributed by atoms with Gasteiger partial charge in [-0.2, -0.15) is 0 Å². The van der Waals surface area contributed by atoms with E-state index in [-0.39, 0.29) is 31.0 Å². The fourth-order valence-electron chi connectivity index (χ4n) is 2.76. The van der Waals surface area contributed by atoms with Crippen LogP contribution in [0.1, 0.15) is 18.5 Å². The smallest absolute Gasteiger partial charge is 0.350 e. The summed E-state index contributed by atoms with van der Waals surface area (Å²) in [6, 6.07) is 10.5. The highest BCUT2D eigenvalue weighted by Gasteiger charge is 2.17. The van der Waals surface area contributed by atoms with Gasteiger partial charge in [0, 0.05) is 6.20 Å². The van der Waals surface area contributed by atoms with Gasteiger partial charge >= 0.3 is 5.69 Å². The van der Waals surface area contributed by atoms with Crippen molar-refractivity contribution >= 4 is 11.6 Å². The van der Waals surface area contributed by atoms with Crippen LogP contribution in [0.4, 0.5) is 0 Å². The van der Waals surface area contributed by atoms with Gasteiger partial charge in [0.1, 0.15) is 6.54 Å². The van der Waals surface area contributed by atoms with E-state index in [9.17, 15) is 9.59 Å². The van der Waals surface area contributed by atoms with Crippen LogP contribution in [-0.2, 0) is 11.3 Å². The molecule has 25 heavy (non-hydrogen) atoms. The maximum Gasteiger partial charge on any atom is 0.350 e. The minimum Gasteiger partial charge on any atom is -0.454 e. The van der Waals surface area contributed by atoms with Crippen molar-refractivity contribution in [2.45, 2.75) is 19.5 Å². The lowest BCUT2D eigenvalue weighted by Crippen LogP contribution is -2.34. The Morgan fingerprint density at radius 2 is 2.12 bits per heavy atom. The molecule has 8 heteroatoms. The highest BCUT2D eigenvalue weighted by Crippen LogP contribution is 2.34. The van der Waals surface area contributed by atoms with Crippen molar-refractivity contribution in [3.05, 3.63) is 58.6 Å². The SMILES string of the molecule is CC(NC(=O)Cn1nc2ccccn2c1=O)c1ccc2c(c1)OCO2. The van der Waals surface area contributed by atoms with Gasteiger partial charge in [0.15, 0.2) is 17.1 Å². The average molecular weight is 340 g/mol. The van der Waals surface area contributed by atoms with Crippen LogP contribution >= 0.6 is 0 Å². The quantitative estimate of drug-likeness (QED) is 0.769. The molecule has 8 nitrogen and oxygen atoms in total. The number of fused-ring (bicyclic) bond motifs is 2. The first kappa shape index (κ1) is 15.3. The van der Waals surface area contributed by atoms with Gasteiger partial charge in [-0.05, 0) is 36.8 Å². The predicted octanol–water partition coefficient (Wildman–Crippen LogP) is 1.10. The van der Waals surface area contributed by atoms with E-state index in [1.807, 2.05) is 25.1 Å². The summed E-state index contributed by atoms with van der Waals surface area (Å²) in [5, 5.41) is 7.01. The second-order valence-corrected chi connectivity index (χ2v) is 5.77. The fourth-order valence-corrected chi connectivity index (χ4v) is 2.76. The third-order valence-electron chi connectivity index (χ3n) is 4.06. The average Bonchev–Trinajstić information content (AvgIpc) is 3.19. The molecule has 0 spiro atoms. The number of rotatable bonds is 4. The monoisotopic (exact) mass is 340 g/mol. The predicted molar refractivity (Wildman–Crippen MR) is 88.6 cm³/mol. The van der Waals surface area contributed by atoms with Gasteiger partial charge in [-0.1, -0.05) is 12.1 Å². The van der Waals surface area contributed by atoms with Crippen molar-refractivity contribution in [3.8, 4) is 11.5 Å². The molecular weight excluding hydrogens is 324 g/mol. The fraction of sp³-hybridized carbons (Fsp3) is 0.235. The van der Waals surface area contributed by atoms with E-state index in [0.29, 0.717) is 17.1 Å². The van der Waals surface area contributed by atoms with Gasteiger partial charge in [0.25, 0.3) is 0 Å². The van der Waals surface area contributed by atoms with Crippen LogP contribution < -0.4 is 20.5 Å². The maximum absolute atomic E-state index is 12.3. The van der Waals surface area contributed by atoms with Crippen LogP contribution in [0.3, 0.4) is 0 Å². The number of ether oxygens (including phenoxy) is 2. The molecule has 1 aliphatic rings. The summed E-state index contributed by atoms with van der Waals surface area (Å²) in [7, 11) is 0. The number of carbonyl (C=O) groups is 1.